The topological polar surface area (TPSA) is 63.7 Å². The number of hydrogen-bond donors (Lipinski definition) is 0. The minimum atomic E-state index is -3.81. The highest BCUT2D eigenvalue weighted by Gasteiger charge is 2.30. The van der Waals surface area contributed by atoms with Crippen LogP contribution in [0.4, 0.5) is 0 Å². The van der Waals surface area contributed by atoms with Crippen LogP contribution in [0.15, 0.2) is 47.4 Å². The Morgan fingerprint density at radius 3 is 2.58 bits per heavy atom. The molecule has 2 aromatic carbocycles. The van der Waals surface area contributed by atoms with E-state index in [1.54, 1.807) is 0 Å². The first kappa shape index (κ1) is 17.0. The molecule has 0 radical (unpaired) electrons. The Hall–Kier alpha value is -1.89. The van der Waals surface area contributed by atoms with Gasteiger partial charge in [-0.1, -0.05) is 35.9 Å². The van der Waals surface area contributed by atoms with Crippen LogP contribution >= 0.6 is 11.6 Å². The van der Waals surface area contributed by atoms with Crippen molar-refractivity contribution in [2.75, 3.05) is 13.7 Å². The molecular formula is C17H16ClNO4S. The van der Waals surface area contributed by atoms with Crippen molar-refractivity contribution in [1.29, 1.82) is 0 Å². The number of carbonyl (C=O) groups is 1. The second kappa shape index (κ2) is 6.55. The zero-order valence-corrected chi connectivity index (χ0v) is 14.6. The minimum Gasteiger partial charge on any atom is -0.465 e. The minimum absolute atomic E-state index is 0.0774. The maximum Gasteiger partial charge on any atom is 0.337 e. The van der Waals surface area contributed by atoms with Gasteiger partial charge in [-0.2, -0.15) is 4.31 Å². The summed E-state index contributed by atoms with van der Waals surface area (Å²) in [5.41, 5.74) is 2.28. The molecule has 3 rings (SSSR count). The van der Waals surface area contributed by atoms with Crippen LogP contribution in [-0.2, 0) is 27.7 Å². The van der Waals surface area contributed by atoms with Crippen molar-refractivity contribution in [3.05, 3.63) is 64.2 Å². The van der Waals surface area contributed by atoms with E-state index in [1.165, 1.54) is 29.6 Å². The third-order valence-electron chi connectivity index (χ3n) is 4.07. The number of nitrogens with zero attached hydrogens (tertiary/aromatic N) is 1. The molecule has 0 unspecified atom stereocenters. The van der Waals surface area contributed by atoms with Crippen molar-refractivity contribution in [3.8, 4) is 0 Å². The molecule has 0 bridgehead atoms. The Kier molecular flexibility index (Phi) is 4.62. The predicted molar refractivity (Wildman–Crippen MR) is 90.5 cm³/mol. The van der Waals surface area contributed by atoms with Gasteiger partial charge in [-0.05, 0) is 35.7 Å². The number of fused-ring (bicyclic) bond motifs is 1. The van der Waals surface area contributed by atoms with E-state index >= 15 is 0 Å². The van der Waals surface area contributed by atoms with Crippen LogP contribution < -0.4 is 0 Å². The molecule has 1 aliphatic heterocycles. The molecular weight excluding hydrogens is 350 g/mol. The molecule has 1 heterocycles. The van der Waals surface area contributed by atoms with Gasteiger partial charge in [0, 0.05) is 13.1 Å². The first-order valence-electron chi connectivity index (χ1n) is 7.38. The Bertz CT molecular complexity index is 895. The first-order valence-corrected chi connectivity index (χ1v) is 9.20. The molecule has 0 saturated carbocycles. The number of rotatable bonds is 3. The average Bonchev–Trinajstić information content (AvgIpc) is 2.60. The summed E-state index contributed by atoms with van der Waals surface area (Å²) < 4.78 is 32.0. The van der Waals surface area contributed by atoms with Crippen LogP contribution in [0.1, 0.15) is 21.5 Å². The summed E-state index contributed by atoms with van der Waals surface area (Å²) in [6, 6.07) is 11.9. The van der Waals surface area contributed by atoms with Gasteiger partial charge in [0.05, 0.1) is 17.7 Å². The average molecular weight is 366 g/mol. The molecule has 126 valence electrons. The molecule has 0 atom stereocenters. The summed E-state index contributed by atoms with van der Waals surface area (Å²) >= 11 is 6.09. The summed E-state index contributed by atoms with van der Waals surface area (Å²) in [6.07, 6.45) is 0.643. The van der Waals surface area contributed by atoms with E-state index in [2.05, 4.69) is 4.74 Å². The van der Waals surface area contributed by atoms with Gasteiger partial charge in [0.15, 0.2) is 0 Å². The second-order valence-corrected chi connectivity index (χ2v) is 7.81. The summed E-state index contributed by atoms with van der Waals surface area (Å²) in [7, 11) is -2.56. The van der Waals surface area contributed by atoms with E-state index in [-0.39, 0.29) is 22.0 Å². The molecule has 1 aliphatic rings. The number of hydrogen-bond acceptors (Lipinski definition) is 4. The summed E-state index contributed by atoms with van der Waals surface area (Å²) in [5.74, 6) is -0.605. The molecule has 2 aromatic rings. The summed E-state index contributed by atoms with van der Waals surface area (Å²) in [5, 5.41) is 0.0847. The van der Waals surface area contributed by atoms with E-state index in [1.807, 2.05) is 24.3 Å². The van der Waals surface area contributed by atoms with Crippen molar-refractivity contribution >= 4 is 27.6 Å². The van der Waals surface area contributed by atoms with Crippen LogP contribution in [0.3, 0.4) is 0 Å². The Morgan fingerprint density at radius 1 is 1.17 bits per heavy atom. The van der Waals surface area contributed by atoms with Crippen LogP contribution in [0.5, 0.6) is 0 Å². The van der Waals surface area contributed by atoms with E-state index in [9.17, 15) is 13.2 Å². The van der Waals surface area contributed by atoms with E-state index < -0.39 is 16.0 Å². The maximum absolute atomic E-state index is 13.0. The standard InChI is InChI=1S/C17H16ClNO4S/c1-23-17(20)13-6-7-15(18)16(10-13)24(21,22)19-9-8-12-4-2-3-5-14(12)11-19/h2-7,10H,8-9,11H2,1H3. The number of ether oxygens (including phenoxy) is 1. The Morgan fingerprint density at radius 2 is 1.88 bits per heavy atom. The largest absolute Gasteiger partial charge is 0.465 e. The first-order chi connectivity index (χ1) is 11.4. The highest BCUT2D eigenvalue weighted by Crippen LogP contribution is 2.29. The fourth-order valence-corrected chi connectivity index (χ4v) is 4.68. The van der Waals surface area contributed by atoms with Crippen molar-refractivity contribution in [3.63, 3.8) is 0 Å². The molecule has 0 saturated heterocycles. The zero-order valence-electron chi connectivity index (χ0n) is 13.0. The third-order valence-corrected chi connectivity index (χ3v) is 6.39. The third kappa shape index (κ3) is 3.05. The smallest absolute Gasteiger partial charge is 0.337 e. The molecule has 0 fully saturated rings. The molecule has 0 aliphatic carbocycles. The normalized spacial score (nSPS) is 14.9. The molecule has 24 heavy (non-hydrogen) atoms. The number of carbonyl (C=O) groups excluding carboxylic acids is 1. The quantitative estimate of drug-likeness (QED) is 0.784. The van der Waals surface area contributed by atoms with Crippen molar-refractivity contribution in [1.82, 2.24) is 4.31 Å². The SMILES string of the molecule is COC(=O)c1ccc(Cl)c(S(=O)(=O)N2CCc3ccccc3C2)c1. The van der Waals surface area contributed by atoms with E-state index in [0.29, 0.717) is 13.0 Å². The van der Waals surface area contributed by atoms with Gasteiger partial charge in [0.2, 0.25) is 10.0 Å². The van der Waals surface area contributed by atoms with Crippen molar-refractivity contribution in [2.45, 2.75) is 17.9 Å². The molecule has 0 aromatic heterocycles. The molecule has 5 nitrogen and oxygen atoms in total. The molecule has 7 heteroatoms. The predicted octanol–water partition coefficient (Wildman–Crippen LogP) is 2.87. The van der Waals surface area contributed by atoms with Crippen LogP contribution in [0.25, 0.3) is 0 Å². The highest BCUT2D eigenvalue weighted by atomic mass is 35.5. The number of sulfonamides is 1. The lowest BCUT2D eigenvalue weighted by Crippen LogP contribution is -2.36. The highest BCUT2D eigenvalue weighted by molar-refractivity contribution is 7.89. The van der Waals surface area contributed by atoms with Crippen molar-refractivity contribution < 1.29 is 17.9 Å². The number of methoxy groups -OCH3 is 1. The monoisotopic (exact) mass is 365 g/mol. The van der Waals surface area contributed by atoms with E-state index in [0.717, 1.165) is 11.1 Å². The van der Waals surface area contributed by atoms with Gasteiger partial charge in [-0.3, -0.25) is 0 Å². The number of benzene rings is 2. The van der Waals surface area contributed by atoms with Crippen molar-refractivity contribution in [2.24, 2.45) is 0 Å². The molecule has 0 N–H and O–H groups in total. The van der Waals surface area contributed by atoms with Crippen LogP contribution in [0.2, 0.25) is 5.02 Å². The summed E-state index contributed by atoms with van der Waals surface area (Å²) in [4.78, 5) is 11.6. The zero-order chi connectivity index (χ0) is 17.3. The Labute approximate surface area is 145 Å². The van der Waals surface area contributed by atoms with E-state index in [4.69, 9.17) is 11.6 Å². The van der Waals surface area contributed by atoms with Gasteiger partial charge in [0.1, 0.15) is 4.90 Å². The second-order valence-electron chi connectivity index (χ2n) is 5.49. The van der Waals surface area contributed by atoms with Crippen LogP contribution in [0, 0.1) is 0 Å². The van der Waals surface area contributed by atoms with Gasteiger partial charge in [-0.15, -0.1) is 0 Å². The lowest BCUT2D eigenvalue weighted by atomic mass is 10.0. The van der Waals surface area contributed by atoms with Gasteiger partial charge < -0.3 is 4.74 Å². The Balaban J connectivity index is 1.98. The fraction of sp³-hybridized carbons (Fsp3) is 0.235. The molecule has 0 amide bonds. The van der Waals surface area contributed by atoms with Gasteiger partial charge >= 0.3 is 5.97 Å². The summed E-state index contributed by atoms with van der Waals surface area (Å²) in [6.45, 7) is 0.662. The van der Waals surface area contributed by atoms with Crippen LogP contribution in [-0.4, -0.2) is 32.3 Å². The number of halogens is 1. The fourth-order valence-electron chi connectivity index (χ4n) is 2.76. The maximum atomic E-state index is 13.0. The van der Waals surface area contributed by atoms with Gasteiger partial charge in [-0.25, -0.2) is 13.2 Å². The number of esters is 1. The lowest BCUT2D eigenvalue weighted by molar-refractivity contribution is 0.0600. The van der Waals surface area contributed by atoms with Gasteiger partial charge in [0.25, 0.3) is 0 Å². The molecule has 0 spiro atoms. The lowest BCUT2D eigenvalue weighted by Gasteiger charge is -2.28.